The quantitative estimate of drug-likeness (QED) is 0.902. The third-order valence-corrected chi connectivity index (χ3v) is 5.82. The third-order valence-electron chi connectivity index (χ3n) is 4.82. The number of hydrogen-bond donors (Lipinski definition) is 1. The molecular weight excluding hydrogens is 272 g/mol. The van der Waals surface area contributed by atoms with Crippen molar-refractivity contribution >= 4 is 17.2 Å². The SMILES string of the molecule is NC1(C(=O)N2CCc3sccc3C2C2CC2)CCOC1. The molecule has 1 saturated carbocycles. The van der Waals surface area contributed by atoms with Gasteiger partial charge in [-0.1, -0.05) is 0 Å². The first-order valence-corrected chi connectivity index (χ1v) is 8.31. The second kappa shape index (κ2) is 4.55. The van der Waals surface area contributed by atoms with Gasteiger partial charge < -0.3 is 15.4 Å². The molecule has 1 amide bonds. The van der Waals surface area contributed by atoms with Crippen LogP contribution in [0.25, 0.3) is 0 Å². The van der Waals surface area contributed by atoms with Gasteiger partial charge >= 0.3 is 0 Å². The fourth-order valence-corrected chi connectivity index (χ4v) is 4.44. The molecule has 1 saturated heterocycles. The average Bonchev–Trinajstić information content (AvgIpc) is 3.00. The Morgan fingerprint density at radius 2 is 2.35 bits per heavy atom. The van der Waals surface area contributed by atoms with Crippen molar-refractivity contribution < 1.29 is 9.53 Å². The lowest BCUT2D eigenvalue weighted by molar-refractivity contribution is -0.140. The number of carbonyl (C=O) groups excluding carboxylic acids is 1. The van der Waals surface area contributed by atoms with Crippen LogP contribution in [0, 0.1) is 5.92 Å². The highest BCUT2D eigenvalue weighted by Gasteiger charge is 2.48. The fraction of sp³-hybridized carbons (Fsp3) is 0.667. The molecule has 2 atom stereocenters. The van der Waals surface area contributed by atoms with Gasteiger partial charge in [0, 0.05) is 18.0 Å². The van der Waals surface area contributed by atoms with E-state index in [1.54, 1.807) is 0 Å². The monoisotopic (exact) mass is 292 g/mol. The van der Waals surface area contributed by atoms with Crippen LogP contribution >= 0.6 is 11.3 Å². The molecule has 4 nitrogen and oxygen atoms in total. The lowest BCUT2D eigenvalue weighted by Gasteiger charge is -2.40. The highest BCUT2D eigenvalue weighted by Crippen LogP contribution is 2.49. The van der Waals surface area contributed by atoms with Crippen LogP contribution in [-0.4, -0.2) is 36.1 Å². The molecule has 2 unspecified atom stereocenters. The van der Waals surface area contributed by atoms with E-state index in [9.17, 15) is 4.79 Å². The number of nitrogens with two attached hydrogens (primary N) is 1. The van der Waals surface area contributed by atoms with Gasteiger partial charge in [-0.05, 0) is 48.6 Å². The van der Waals surface area contributed by atoms with Crippen molar-refractivity contribution in [3.8, 4) is 0 Å². The first kappa shape index (κ1) is 12.8. The molecule has 4 rings (SSSR count). The Bertz CT molecular complexity index is 532. The smallest absolute Gasteiger partial charge is 0.245 e. The van der Waals surface area contributed by atoms with Crippen LogP contribution in [0.1, 0.15) is 35.7 Å². The zero-order chi connectivity index (χ0) is 13.7. The minimum atomic E-state index is -0.791. The van der Waals surface area contributed by atoms with Crippen LogP contribution in [-0.2, 0) is 16.0 Å². The molecule has 1 aromatic rings. The summed E-state index contributed by atoms with van der Waals surface area (Å²) in [5.41, 5.74) is 6.88. The van der Waals surface area contributed by atoms with Crippen molar-refractivity contribution in [2.75, 3.05) is 19.8 Å². The van der Waals surface area contributed by atoms with E-state index in [4.69, 9.17) is 10.5 Å². The number of hydrogen-bond acceptors (Lipinski definition) is 4. The Hall–Kier alpha value is -0.910. The molecule has 1 aliphatic carbocycles. The van der Waals surface area contributed by atoms with Crippen molar-refractivity contribution in [2.45, 2.75) is 37.3 Å². The summed E-state index contributed by atoms with van der Waals surface area (Å²) in [5.74, 6) is 0.738. The van der Waals surface area contributed by atoms with Crippen molar-refractivity contribution in [1.82, 2.24) is 4.90 Å². The van der Waals surface area contributed by atoms with Gasteiger partial charge in [-0.2, -0.15) is 0 Å². The topological polar surface area (TPSA) is 55.6 Å². The van der Waals surface area contributed by atoms with Gasteiger partial charge in [0.2, 0.25) is 5.91 Å². The maximum atomic E-state index is 12.9. The third kappa shape index (κ3) is 1.91. The van der Waals surface area contributed by atoms with Gasteiger partial charge in [0.05, 0.1) is 12.6 Å². The summed E-state index contributed by atoms with van der Waals surface area (Å²) in [6.45, 7) is 1.79. The Kier molecular flexibility index (Phi) is 2.91. The van der Waals surface area contributed by atoms with Crippen molar-refractivity contribution in [2.24, 2.45) is 11.7 Å². The molecule has 0 bridgehead atoms. The first-order valence-electron chi connectivity index (χ1n) is 7.43. The van der Waals surface area contributed by atoms with Crippen LogP contribution in [0.4, 0.5) is 0 Å². The van der Waals surface area contributed by atoms with Crippen molar-refractivity contribution in [1.29, 1.82) is 0 Å². The molecule has 108 valence electrons. The number of rotatable bonds is 2. The van der Waals surface area contributed by atoms with Crippen LogP contribution in [0.3, 0.4) is 0 Å². The van der Waals surface area contributed by atoms with Crippen LogP contribution in [0.15, 0.2) is 11.4 Å². The standard InChI is InChI=1S/C15H20N2O2S/c16-15(5-7-19-9-15)14(18)17-6-3-12-11(4-8-20-12)13(17)10-1-2-10/h4,8,10,13H,1-3,5-7,9,16H2. The molecule has 0 spiro atoms. The lowest BCUT2D eigenvalue weighted by Crippen LogP contribution is -2.58. The minimum Gasteiger partial charge on any atom is -0.379 e. The number of ether oxygens (including phenoxy) is 1. The summed E-state index contributed by atoms with van der Waals surface area (Å²) in [6.07, 6.45) is 4.09. The molecule has 2 aliphatic heterocycles. The summed E-state index contributed by atoms with van der Waals surface area (Å²) < 4.78 is 5.37. The van der Waals surface area contributed by atoms with E-state index in [-0.39, 0.29) is 11.9 Å². The Morgan fingerprint density at radius 1 is 1.50 bits per heavy atom. The van der Waals surface area contributed by atoms with Gasteiger partial charge in [0.1, 0.15) is 5.54 Å². The van der Waals surface area contributed by atoms with E-state index < -0.39 is 5.54 Å². The van der Waals surface area contributed by atoms with Crippen molar-refractivity contribution in [3.05, 3.63) is 21.9 Å². The zero-order valence-electron chi connectivity index (χ0n) is 11.5. The van der Waals surface area contributed by atoms with E-state index in [2.05, 4.69) is 16.3 Å². The van der Waals surface area contributed by atoms with Gasteiger partial charge in [-0.15, -0.1) is 11.3 Å². The van der Waals surface area contributed by atoms with Gasteiger partial charge in [-0.25, -0.2) is 0 Å². The largest absolute Gasteiger partial charge is 0.379 e. The highest BCUT2D eigenvalue weighted by molar-refractivity contribution is 7.10. The van der Waals surface area contributed by atoms with E-state index >= 15 is 0 Å². The van der Waals surface area contributed by atoms with Gasteiger partial charge in [0.15, 0.2) is 0 Å². The summed E-state index contributed by atoms with van der Waals surface area (Å²) in [6, 6.07) is 2.47. The molecule has 20 heavy (non-hydrogen) atoms. The maximum absolute atomic E-state index is 12.9. The molecule has 3 heterocycles. The predicted molar refractivity (Wildman–Crippen MR) is 77.6 cm³/mol. The zero-order valence-corrected chi connectivity index (χ0v) is 12.3. The highest BCUT2D eigenvalue weighted by atomic mass is 32.1. The summed E-state index contributed by atoms with van der Waals surface area (Å²) in [5, 5.41) is 2.16. The summed E-state index contributed by atoms with van der Waals surface area (Å²) in [4.78, 5) is 16.4. The second-order valence-corrected chi connectivity index (χ2v) is 7.29. The molecule has 1 aromatic heterocycles. The fourth-order valence-electron chi connectivity index (χ4n) is 3.53. The van der Waals surface area contributed by atoms with Crippen LogP contribution < -0.4 is 5.73 Å². The lowest BCUT2D eigenvalue weighted by atomic mass is 9.91. The van der Waals surface area contributed by atoms with Crippen LogP contribution in [0.5, 0.6) is 0 Å². The molecule has 2 fully saturated rings. The van der Waals surface area contributed by atoms with E-state index in [1.165, 1.54) is 23.3 Å². The minimum absolute atomic E-state index is 0.101. The molecule has 0 radical (unpaired) electrons. The molecule has 2 N–H and O–H groups in total. The predicted octanol–water partition coefficient (Wildman–Crippen LogP) is 1.70. The number of carbonyl (C=O) groups is 1. The average molecular weight is 292 g/mol. The summed E-state index contributed by atoms with van der Waals surface area (Å²) in [7, 11) is 0. The van der Waals surface area contributed by atoms with Crippen LogP contribution in [0.2, 0.25) is 0 Å². The Morgan fingerprint density at radius 3 is 3.05 bits per heavy atom. The number of thiophene rings is 1. The van der Waals surface area contributed by atoms with Crippen molar-refractivity contribution in [3.63, 3.8) is 0 Å². The maximum Gasteiger partial charge on any atom is 0.245 e. The van der Waals surface area contributed by atoms with Gasteiger partial charge in [0.25, 0.3) is 0 Å². The van der Waals surface area contributed by atoms with E-state index in [0.29, 0.717) is 25.6 Å². The second-order valence-electron chi connectivity index (χ2n) is 6.29. The Labute approximate surface area is 122 Å². The molecule has 3 aliphatic rings. The number of amides is 1. The summed E-state index contributed by atoms with van der Waals surface area (Å²) >= 11 is 1.83. The number of fused-ring (bicyclic) bond motifs is 1. The molecule has 5 heteroatoms. The normalized spacial score (nSPS) is 33.2. The van der Waals surface area contributed by atoms with E-state index in [1.807, 2.05) is 11.3 Å². The first-order chi connectivity index (χ1) is 9.69. The molecule has 0 aromatic carbocycles. The van der Waals surface area contributed by atoms with E-state index in [0.717, 1.165) is 13.0 Å². The molecular formula is C15H20N2O2S. The number of nitrogens with zero attached hydrogens (tertiary/aromatic N) is 1. The van der Waals surface area contributed by atoms with Gasteiger partial charge in [-0.3, -0.25) is 4.79 Å². The Balaban J connectivity index is 1.66.